The van der Waals surface area contributed by atoms with Crippen molar-refractivity contribution in [2.24, 2.45) is 0 Å². The molecule has 1 amide bonds. The van der Waals surface area contributed by atoms with Crippen LogP contribution in [-0.4, -0.2) is 18.5 Å². The number of hydrogen-bond acceptors (Lipinski definition) is 2. The Bertz CT molecular complexity index is 410. The highest BCUT2D eigenvalue weighted by molar-refractivity contribution is 9.11. The first-order valence-corrected chi connectivity index (χ1v) is 7.62. The van der Waals surface area contributed by atoms with Crippen molar-refractivity contribution in [1.82, 2.24) is 5.32 Å². The van der Waals surface area contributed by atoms with E-state index in [1.807, 2.05) is 25.1 Å². The molecule has 0 bridgehead atoms. The molecular formula is C13H18Br2N2O. The summed E-state index contributed by atoms with van der Waals surface area (Å²) in [7, 11) is 0. The van der Waals surface area contributed by atoms with E-state index < -0.39 is 0 Å². The minimum absolute atomic E-state index is 0.0234. The summed E-state index contributed by atoms with van der Waals surface area (Å²) in [6.45, 7) is 4.70. The van der Waals surface area contributed by atoms with E-state index in [4.69, 9.17) is 0 Å². The van der Waals surface area contributed by atoms with Crippen molar-refractivity contribution in [1.29, 1.82) is 0 Å². The minimum atomic E-state index is -0.257. The maximum Gasteiger partial charge on any atom is 0.242 e. The quantitative estimate of drug-likeness (QED) is 0.737. The van der Waals surface area contributed by atoms with Gasteiger partial charge in [0.05, 0.1) is 5.69 Å². The topological polar surface area (TPSA) is 41.1 Å². The summed E-state index contributed by atoms with van der Waals surface area (Å²) in [6, 6.07) is 5.57. The van der Waals surface area contributed by atoms with Gasteiger partial charge in [-0.15, -0.1) is 0 Å². The lowest BCUT2D eigenvalue weighted by molar-refractivity contribution is -0.121. The molecule has 2 N–H and O–H groups in total. The molecule has 0 aromatic heterocycles. The van der Waals surface area contributed by atoms with Crippen LogP contribution < -0.4 is 10.6 Å². The molecule has 0 radical (unpaired) electrons. The molecular weight excluding hydrogens is 360 g/mol. The SMILES string of the molecule is CCCCNC(=O)C(C)Nc1cc(Br)ccc1Br. The molecule has 1 aromatic carbocycles. The number of carbonyl (C=O) groups is 1. The lowest BCUT2D eigenvalue weighted by Crippen LogP contribution is -2.38. The molecule has 100 valence electrons. The van der Waals surface area contributed by atoms with Gasteiger partial charge in [0, 0.05) is 15.5 Å². The lowest BCUT2D eigenvalue weighted by Gasteiger charge is -2.16. The number of benzene rings is 1. The number of nitrogens with one attached hydrogen (secondary N) is 2. The Labute approximate surface area is 125 Å². The molecule has 0 aliphatic heterocycles. The van der Waals surface area contributed by atoms with Crippen LogP contribution >= 0.6 is 31.9 Å². The van der Waals surface area contributed by atoms with Crippen molar-refractivity contribution in [2.75, 3.05) is 11.9 Å². The van der Waals surface area contributed by atoms with Crippen LogP contribution in [0, 0.1) is 0 Å². The third kappa shape index (κ3) is 4.98. The number of hydrogen-bond donors (Lipinski definition) is 2. The van der Waals surface area contributed by atoms with E-state index in [0.717, 1.165) is 34.0 Å². The summed E-state index contributed by atoms with van der Waals surface area (Å²) in [5.74, 6) is 0.0234. The Morgan fingerprint density at radius 3 is 2.78 bits per heavy atom. The Morgan fingerprint density at radius 2 is 2.11 bits per heavy atom. The Balaban J connectivity index is 2.55. The van der Waals surface area contributed by atoms with Crippen molar-refractivity contribution < 1.29 is 4.79 Å². The first-order valence-electron chi connectivity index (χ1n) is 6.04. The van der Waals surface area contributed by atoms with Crippen LogP contribution in [0.5, 0.6) is 0 Å². The van der Waals surface area contributed by atoms with Crippen molar-refractivity contribution >= 4 is 43.5 Å². The van der Waals surface area contributed by atoms with Gasteiger partial charge < -0.3 is 10.6 Å². The van der Waals surface area contributed by atoms with E-state index in [9.17, 15) is 4.79 Å². The van der Waals surface area contributed by atoms with E-state index in [0.29, 0.717) is 0 Å². The third-order valence-electron chi connectivity index (χ3n) is 2.52. The maximum atomic E-state index is 11.8. The fraction of sp³-hybridized carbons (Fsp3) is 0.462. The van der Waals surface area contributed by atoms with Crippen molar-refractivity contribution in [2.45, 2.75) is 32.7 Å². The lowest BCUT2D eigenvalue weighted by atomic mass is 10.2. The average Bonchev–Trinajstić information content (AvgIpc) is 2.34. The van der Waals surface area contributed by atoms with Gasteiger partial charge in [-0.2, -0.15) is 0 Å². The van der Waals surface area contributed by atoms with Gasteiger partial charge in [0.1, 0.15) is 6.04 Å². The molecule has 0 fully saturated rings. The second-order valence-electron chi connectivity index (χ2n) is 4.13. The predicted octanol–water partition coefficient (Wildman–Crippen LogP) is 3.93. The average molecular weight is 378 g/mol. The molecule has 0 saturated heterocycles. The van der Waals surface area contributed by atoms with Crippen LogP contribution in [-0.2, 0) is 4.79 Å². The number of carbonyl (C=O) groups excluding carboxylic acids is 1. The molecule has 1 atom stereocenters. The second-order valence-corrected chi connectivity index (χ2v) is 5.90. The van der Waals surface area contributed by atoms with Gasteiger partial charge in [0.25, 0.3) is 0 Å². The summed E-state index contributed by atoms with van der Waals surface area (Å²) in [5.41, 5.74) is 0.905. The number of halogens is 2. The van der Waals surface area contributed by atoms with Gasteiger partial charge in [-0.1, -0.05) is 29.3 Å². The van der Waals surface area contributed by atoms with Crippen LogP contribution in [0.2, 0.25) is 0 Å². The highest BCUT2D eigenvalue weighted by Crippen LogP contribution is 2.26. The molecule has 1 aromatic rings. The Kier molecular flexibility index (Phi) is 6.71. The standard InChI is InChI=1S/C13H18Br2N2O/c1-3-4-7-16-13(18)9(2)17-12-8-10(14)5-6-11(12)15/h5-6,8-9,17H,3-4,7H2,1-2H3,(H,16,18). The zero-order valence-corrected chi connectivity index (χ0v) is 13.8. The van der Waals surface area contributed by atoms with Crippen LogP contribution in [0.25, 0.3) is 0 Å². The first-order chi connectivity index (χ1) is 8.54. The van der Waals surface area contributed by atoms with Gasteiger partial charge >= 0.3 is 0 Å². The van der Waals surface area contributed by atoms with Gasteiger partial charge in [0.2, 0.25) is 5.91 Å². The normalized spacial score (nSPS) is 12.0. The fourth-order valence-corrected chi connectivity index (χ4v) is 2.17. The highest BCUT2D eigenvalue weighted by atomic mass is 79.9. The van der Waals surface area contributed by atoms with E-state index >= 15 is 0 Å². The van der Waals surface area contributed by atoms with E-state index in [-0.39, 0.29) is 11.9 Å². The van der Waals surface area contributed by atoms with E-state index in [1.165, 1.54) is 0 Å². The molecule has 5 heteroatoms. The van der Waals surface area contributed by atoms with Crippen LogP contribution in [0.4, 0.5) is 5.69 Å². The Morgan fingerprint density at radius 1 is 1.39 bits per heavy atom. The van der Waals surface area contributed by atoms with Crippen molar-refractivity contribution in [3.8, 4) is 0 Å². The molecule has 0 aliphatic rings. The number of rotatable bonds is 6. The molecule has 3 nitrogen and oxygen atoms in total. The number of anilines is 1. The second kappa shape index (κ2) is 7.79. The van der Waals surface area contributed by atoms with Gasteiger partial charge in [-0.05, 0) is 47.5 Å². The molecule has 0 saturated carbocycles. The van der Waals surface area contributed by atoms with Crippen LogP contribution in [0.15, 0.2) is 27.1 Å². The predicted molar refractivity (Wildman–Crippen MR) is 82.8 cm³/mol. The summed E-state index contributed by atoms with van der Waals surface area (Å²) < 4.78 is 1.92. The number of amides is 1. The van der Waals surface area contributed by atoms with E-state index in [2.05, 4.69) is 49.4 Å². The zero-order chi connectivity index (χ0) is 13.5. The van der Waals surface area contributed by atoms with Gasteiger partial charge in [0.15, 0.2) is 0 Å². The smallest absolute Gasteiger partial charge is 0.242 e. The Hall–Kier alpha value is -0.550. The van der Waals surface area contributed by atoms with Crippen LogP contribution in [0.1, 0.15) is 26.7 Å². The third-order valence-corrected chi connectivity index (χ3v) is 3.71. The van der Waals surface area contributed by atoms with Gasteiger partial charge in [-0.3, -0.25) is 4.79 Å². The summed E-state index contributed by atoms with van der Waals surface area (Å²) >= 11 is 6.87. The molecule has 0 spiro atoms. The monoisotopic (exact) mass is 376 g/mol. The minimum Gasteiger partial charge on any atom is -0.373 e. The molecule has 1 unspecified atom stereocenters. The first kappa shape index (κ1) is 15.5. The summed E-state index contributed by atoms with van der Waals surface area (Å²) in [4.78, 5) is 11.8. The molecule has 18 heavy (non-hydrogen) atoms. The highest BCUT2D eigenvalue weighted by Gasteiger charge is 2.13. The van der Waals surface area contributed by atoms with Gasteiger partial charge in [-0.25, -0.2) is 0 Å². The fourth-order valence-electron chi connectivity index (χ4n) is 1.45. The zero-order valence-electron chi connectivity index (χ0n) is 10.6. The van der Waals surface area contributed by atoms with Crippen molar-refractivity contribution in [3.63, 3.8) is 0 Å². The van der Waals surface area contributed by atoms with Crippen LogP contribution in [0.3, 0.4) is 0 Å². The molecule has 1 rings (SSSR count). The summed E-state index contributed by atoms with van der Waals surface area (Å²) in [5, 5.41) is 6.10. The summed E-state index contributed by atoms with van der Waals surface area (Å²) in [6.07, 6.45) is 2.10. The van der Waals surface area contributed by atoms with Crippen molar-refractivity contribution in [3.05, 3.63) is 27.1 Å². The maximum absolute atomic E-state index is 11.8. The molecule has 0 aliphatic carbocycles. The molecule has 0 heterocycles. The largest absolute Gasteiger partial charge is 0.373 e. The number of unbranched alkanes of at least 4 members (excludes halogenated alkanes) is 1. The van der Waals surface area contributed by atoms with E-state index in [1.54, 1.807) is 0 Å².